The lowest BCUT2D eigenvalue weighted by molar-refractivity contribution is -0.116. The van der Waals surface area contributed by atoms with E-state index in [0.29, 0.717) is 29.2 Å². The highest BCUT2D eigenvalue weighted by molar-refractivity contribution is 7.99. The summed E-state index contributed by atoms with van der Waals surface area (Å²) in [6.07, 6.45) is 2.00. The van der Waals surface area contributed by atoms with Crippen LogP contribution >= 0.6 is 23.1 Å². The molecule has 0 aliphatic heterocycles. The van der Waals surface area contributed by atoms with E-state index in [-0.39, 0.29) is 17.4 Å². The van der Waals surface area contributed by atoms with Crippen molar-refractivity contribution >= 4 is 40.5 Å². The van der Waals surface area contributed by atoms with Crippen molar-refractivity contribution in [2.75, 3.05) is 11.1 Å². The van der Waals surface area contributed by atoms with Gasteiger partial charge in [-0.3, -0.25) is 14.7 Å². The monoisotopic (exact) mass is 400 g/mol. The third-order valence-corrected chi connectivity index (χ3v) is 5.46. The molecule has 3 rings (SSSR count). The number of H-pyrrole nitrogens is 1. The van der Waals surface area contributed by atoms with Gasteiger partial charge in [0.2, 0.25) is 11.1 Å². The Morgan fingerprint density at radius 3 is 2.74 bits per heavy atom. The number of aromatic amines is 1. The second-order valence-corrected chi connectivity index (χ2v) is 7.88. The second-order valence-electron chi connectivity index (χ2n) is 5.91. The van der Waals surface area contributed by atoms with E-state index >= 15 is 0 Å². The summed E-state index contributed by atoms with van der Waals surface area (Å²) in [5, 5.41) is 12.5. The first-order valence-electron chi connectivity index (χ1n) is 8.63. The van der Waals surface area contributed by atoms with Crippen molar-refractivity contribution < 1.29 is 9.59 Å². The van der Waals surface area contributed by atoms with Gasteiger partial charge in [0.1, 0.15) is 5.82 Å². The lowest BCUT2D eigenvalue weighted by Gasteiger charge is -2.05. The van der Waals surface area contributed by atoms with Crippen LogP contribution in [-0.2, 0) is 11.2 Å². The fourth-order valence-corrected chi connectivity index (χ4v) is 3.82. The van der Waals surface area contributed by atoms with E-state index in [1.165, 1.54) is 16.6 Å². The van der Waals surface area contributed by atoms with E-state index in [1.807, 2.05) is 18.4 Å². The van der Waals surface area contributed by atoms with Crippen LogP contribution in [0.25, 0.3) is 0 Å². The maximum Gasteiger partial charge on any atom is 0.224 e. The molecule has 3 aromatic rings. The van der Waals surface area contributed by atoms with Gasteiger partial charge in [-0.05, 0) is 42.1 Å². The maximum atomic E-state index is 12.3. The van der Waals surface area contributed by atoms with Gasteiger partial charge in [0.25, 0.3) is 0 Å². The molecule has 2 N–H and O–H groups in total. The van der Waals surface area contributed by atoms with Gasteiger partial charge in [-0.2, -0.15) is 0 Å². The quantitative estimate of drug-likeness (QED) is 0.416. The lowest BCUT2D eigenvalue weighted by Crippen LogP contribution is -2.10. The van der Waals surface area contributed by atoms with Gasteiger partial charge in [-0.1, -0.05) is 24.8 Å². The molecule has 8 heteroatoms. The molecule has 0 radical (unpaired) electrons. The molecule has 0 bridgehead atoms. The molecule has 1 aromatic carbocycles. The molecule has 0 fully saturated rings. The van der Waals surface area contributed by atoms with E-state index in [0.717, 1.165) is 12.2 Å². The molecule has 0 aliphatic rings. The highest BCUT2D eigenvalue weighted by Crippen LogP contribution is 2.18. The minimum atomic E-state index is -0.0184. The Bertz CT molecular complexity index is 889. The van der Waals surface area contributed by atoms with E-state index in [9.17, 15) is 9.59 Å². The summed E-state index contributed by atoms with van der Waals surface area (Å²) in [7, 11) is 0. The molecular formula is C19H20N4O2S2. The predicted octanol–water partition coefficient (Wildman–Crippen LogP) is 4.17. The predicted molar refractivity (Wildman–Crippen MR) is 109 cm³/mol. The molecule has 0 atom stereocenters. The Labute approximate surface area is 165 Å². The van der Waals surface area contributed by atoms with Gasteiger partial charge in [-0.15, -0.1) is 16.4 Å². The highest BCUT2D eigenvalue weighted by Gasteiger charge is 2.11. The minimum absolute atomic E-state index is 0.00367. The lowest BCUT2D eigenvalue weighted by atomic mass is 10.1. The van der Waals surface area contributed by atoms with Crippen molar-refractivity contribution in [3.63, 3.8) is 0 Å². The zero-order valence-electron chi connectivity index (χ0n) is 14.9. The summed E-state index contributed by atoms with van der Waals surface area (Å²) in [5.41, 5.74) is 1.30. The number of hydrogen-bond donors (Lipinski definition) is 2. The van der Waals surface area contributed by atoms with Gasteiger partial charge < -0.3 is 5.32 Å². The van der Waals surface area contributed by atoms with E-state index < -0.39 is 0 Å². The summed E-state index contributed by atoms with van der Waals surface area (Å²) < 4.78 is 0. The number of carbonyl (C=O) groups is 2. The summed E-state index contributed by atoms with van der Waals surface area (Å²) in [5.74, 6) is 1.03. The number of aromatic nitrogens is 3. The van der Waals surface area contributed by atoms with Crippen molar-refractivity contribution in [1.29, 1.82) is 0 Å². The summed E-state index contributed by atoms with van der Waals surface area (Å²) in [6.45, 7) is 1.96. The van der Waals surface area contributed by atoms with Crippen LogP contribution < -0.4 is 5.32 Å². The van der Waals surface area contributed by atoms with Gasteiger partial charge in [-0.25, -0.2) is 4.98 Å². The first-order valence-corrected chi connectivity index (χ1v) is 10.5. The van der Waals surface area contributed by atoms with Crippen molar-refractivity contribution in [2.24, 2.45) is 0 Å². The Morgan fingerprint density at radius 2 is 2.04 bits per heavy atom. The topological polar surface area (TPSA) is 87.7 Å². The van der Waals surface area contributed by atoms with Crippen LogP contribution in [0.1, 0.15) is 40.8 Å². The molecule has 27 heavy (non-hydrogen) atoms. The number of amides is 1. The Hall–Kier alpha value is -2.45. The van der Waals surface area contributed by atoms with Crippen LogP contribution in [0.4, 0.5) is 5.69 Å². The number of thiophene rings is 1. The molecule has 1 amide bonds. The van der Waals surface area contributed by atoms with Crippen LogP contribution in [0.2, 0.25) is 0 Å². The second kappa shape index (κ2) is 9.48. The van der Waals surface area contributed by atoms with E-state index in [2.05, 4.69) is 26.6 Å². The Kier molecular flexibility index (Phi) is 6.78. The molecule has 0 saturated heterocycles. The fraction of sp³-hybridized carbons (Fsp3) is 0.263. The number of rotatable bonds is 9. The molecule has 2 aromatic heterocycles. The van der Waals surface area contributed by atoms with Crippen LogP contribution in [0.5, 0.6) is 0 Å². The Balaban J connectivity index is 1.50. The van der Waals surface area contributed by atoms with Crippen LogP contribution in [0.15, 0.2) is 46.9 Å². The average Bonchev–Trinajstić information content (AvgIpc) is 3.33. The number of ketones is 1. The van der Waals surface area contributed by atoms with Crippen molar-refractivity contribution in [2.45, 2.75) is 31.3 Å². The highest BCUT2D eigenvalue weighted by atomic mass is 32.2. The van der Waals surface area contributed by atoms with Crippen molar-refractivity contribution in [3.05, 3.63) is 58.0 Å². The van der Waals surface area contributed by atoms with Crippen LogP contribution in [0, 0.1) is 0 Å². The summed E-state index contributed by atoms with van der Waals surface area (Å²) in [4.78, 5) is 29.6. The number of hydrogen-bond acceptors (Lipinski definition) is 6. The first-order chi connectivity index (χ1) is 13.1. The van der Waals surface area contributed by atoms with Crippen molar-refractivity contribution in [1.82, 2.24) is 15.2 Å². The molecule has 0 saturated carbocycles. The van der Waals surface area contributed by atoms with Gasteiger partial charge >= 0.3 is 0 Å². The normalized spacial score (nSPS) is 10.7. The standard InChI is InChI=1S/C19H20N4O2S2/c1-2-4-18(25)20-14-8-6-13(7-9-14)16(24)12-27-19-21-17(22-23-19)11-15-5-3-10-26-15/h3,5-10H,2,4,11-12H2,1H3,(H,20,25)(H,21,22,23). The average molecular weight is 401 g/mol. The zero-order valence-corrected chi connectivity index (χ0v) is 16.5. The van der Waals surface area contributed by atoms with Crippen LogP contribution in [-0.4, -0.2) is 32.6 Å². The number of benzene rings is 1. The minimum Gasteiger partial charge on any atom is -0.326 e. The molecule has 2 heterocycles. The van der Waals surface area contributed by atoms with Crippen LogP contribution in [0.3, 0.4) is 0 Å². The number of Topliss-reactive ketones (excluding diaryl/α,β-unsaturated/α-hetero) is 1. The number of thioether (sulfide) groups is 1. The molecule has 140 valence electrons. The van der Waals surface area contributed by atoms with Gasteiger partial charge in [0.05, 0.1) is 5.75 Å². The Morgan fingerprint density at radius 1 is 1.22 bits per heavy atom. The smallest absolute Gasteiger partial charge is 0.224 e. The summed E-state index contributed by atoms with van der Waals surface area (Å²) in [6, 6.07) is 11.0. The molecule has 0 spiro atoms. The zero-order chi connectivity index (χ0) is 19.1. The fourth-order valence-electron chi connectivity index (χ4n) is 2.40. The number of carbonyl (C=O) groups excluding carboxylic acids is 2. The largest absolute Gasteiger partial charge is 0.326 e. The molecule has 6 nitrogen and oxygen atoms in total. The third-order valence-electron chi connectivity index (χ3n) is 3.73. The van der Waals surface area contributed by atoms with E-state index in [4.69, 9.17) is 0 Å². The van der Waals surface area contributed by atoms with E-state index in [1.54, 1.807) is 35.6 Å². The number of nitrogens with one attached hydrogen (secondary N) is 2. The maximum absolute atomic E-state index is 12.3. The molecule has 0 unspecified atom stereocenters. The number of anilines is 1. The molecular weight excluding hydrogens is 380 g/mol. The van der Waals surface area contributed by atoms with Gasteiger partial charge in [0.15, 0.2) is 5.78 Å². The van der Waals surface area contributed by atoms with Crippen molar-refractivity contribution in [3.8, 4) is 0 Å². The first kappa shape index (κ1) is 19.3. The SMILES string of the molecule is CCCC(=O)Nc1ccc(C(=O)CSc2n[nH]c(Cc3cccs3)n2)cc1. The van der Waals surface area contributed by atoms with Gasteiger partial charge in [0, 0.05) is 29.0 Å². The number of nitrogens with zero attached hydrogens (tertiary/aromatic N) is 2. The summed E-state index contributed by atoms with van der Waals surface area (Å²) >= 11 is 2.98. The molecule has 0 aliphatic carbocycles. The third kappa shape index (κ3) is 5.77.